The Morgan fingerprint density at radius 1 is 1.04 bits per heavy atom. The highest BCUT2D eigenvalue weighted by Gasteiger charge is 2.47. The summed E-state index contributed by atoms with van der Waals surface area (Å²) in [6, 6.07) is 7.03. The van der Waals surface area contributed by atoms with Crippen LogP contribution in [-0.2, 0) is 5.41 Å². The normalized spacial score (nSPS) is 23.7. The summed E-state index contributed by atoms with van der Waals surface area (Å²) in [4.78, 5) is 5.27. The van der Waals surface area contributed by atoms with E-state index in [9.17, 15) is 0 Å². The minimum atomic E-state index is -0.191. The summed E-state index contributed by atoms with van der Waals surface area (Å²) >= 11 is 0. The lowest BCUT2D eigenvalue weighted by Crippen LogP contribution is -2.49. The first-order valence-corrected chi connectivity index (χ1v) is 9.73. The van der Waals surface area contributed by atoms with Crippen molar-refractivity contribution < 1.29 is 0 Å². The number of fused-ring (bicyclic) bond motifs is 2. The largest absolute Gasteiger partial charge is 0.307 e. The van der Waals surface area contributed by atoms with Crippen LogP contribution in [0.2, 0.25) is 0 Å². The Bertz CT molecular complexity index is 892. The summed E-state index contributed by atoms with van der Waals surface area (Å²) in [5, 5.41) is 4.83. The summed E-state index contributed by atoms with van der Waals surface area (Å²) in [5.41, 5.74) is 11.7. The summed E-state index contributed by atoms with van der Waals surface area (Å²) < 4.78 is 0. The number of hydrogen-bond acceptors (Lipinski definition) is 3. The number of rotatable bonds is 2. The van der Waals surface area contributed by atoms with Crippen molar-refractivity contribution in [2.75, 3.05) is 0 Å². The third kappa shape index (κ3) is 2.33. The molecule has 26 heavy (non-hydrogen) atoms. The van der Waals surface area contributed by atoms with Gasteiger partial charge < -0.3 is 5.43 Å². The lowest BCUT2D eigenvalue weighted by molar-refractivity contribution is 0.304. The van der Waals surface area contributed by atoms with Gasteiger partial charge in [0.1, 0.15) is 5.71 Å². The van der Waals surface area contributed by atoms with Gasteiger partial charge in [-0.05, 0) is 57.2 Å². The molecule has 0 atom stereocenters. The van der Waals surface area contributed by atoms with Crippen LogP contribution in [0.3, 0.4) is 0 Å². The average Bonchev–Trinajstić information content (AvgIpc) is 2.59. The molecule has 0 radical (unpaired) electrons. The van der Waals surface area contributed by atoms with Crippen molar-refractivity contribution in [3.05, 3.63) is 52.6 Å². The molecule has 1 heterocycles. The van der Waals surface area contributed by atoms with Gasteiger partial charge in [0.05, 0.1) is 11.3 Å². The summed E-state index contributed by atoms with van der Waals surface area (Å²) in [6.45, 7) is 13.3. The second-order valence-electron chi connectivity index (χ2n) is 8.93. The Labute approximate surface area is 157 Å². The fraction of sp³-hybridized carbons (Fsp3) is 0.478. The molecular weight excluding hydrogens is 318 g/mol. The van der Waals surface area contributed by atoms with E-state index in [1.807, 2.05) is 0 Å². The molecule has 136 valence electrons. The number of benzene rings is 1. The van der Waals surface area contributed by atoms with Gasteiger partial charge in [0.15, 0.2) is 0 Å². The Hall–Kier alpha value is -2.16. The van der Waals surface area contributed by atoms with Crippen LogP contribution in [0.25, 0.3) is 5.57 Å². The molecule has 0 amide bonds. The molecule has 0 fully saturated rings. The molecule has 1 aliphatic heterocycles. The molecule has 0 unspecified atom stereocenters. The van der Waals surface area contributed by atoms with Crippen LogP contribution in [0.15, 0.2) is 46.0 Å². The standard InChI is InChI=1S/C23H29N3/c1-14(2)25-26-20-17-11-8-7-10-15(17)16-12-9-13-18-19(16)21(20)24-23(5,6)22(18,3)4/h9-14,25H,7-8H2,1-6H3/b26-20-. The highest BCUT2D eigenvalue weighted by atomic mass is 15.3. The van der Waals surface area contributed by atoms with Gasteiger partial charge in [0, 0.05) is 22.6 Å². The minimum Gasteiger partial charge on any atom is -0.307 e. The predicted octanol–water partition coefficient (Wildman–Crippen LogP) is 5.02. The highest BCUT2D eigenvalue weighted by molar-refractivity contribution is 6.59. The van der Waals surface area contributed by atoms with E-state index in [1.165, 1.54) is 27.8 Å². The van der Waals surface area contributed by atoms with Crippen LogP contribution in [0.4, 0.5) is 0 Å². The number of allylic oxidation sites excluding steroid dienone is 4. The zero-order chi connectivity index (χ0) is 18.7. The quantitative estimate of drug-likeness (QED) is 0.750. The Morgan fingerprint density at radius 3 is 2.42 bits per heavy atom. The first kappa shape index (κ1) is 17.3. The molecule has 0 bridgehead atoms. The number of hydrogen-bond donors (Lipinski definition) is 1. The van der Waals surface area contributed by atoms with E-state index >= 15 is 0 Å². The Kier molecular flexibility index (Phi) is 3.76. The average molecular weight is 348 g/mol. The molecule has 1 aromatic rings. The molecule has 1 aromatic carbocycles. The first-order valence-electron chi connectivity index (χ1n) is 9.73. The van der Waals surface area contributed by atoms with E-state index in [-0.39, 0.29) is 11.0 Å². The van der Waals surface area contributed by atoms with E-state index in [1.54, 1.807) is 0 Å². The van der Waals surface area contributed by atoms with Gasteiger partial charge >= 0.3 is 0 Å². The first-order chi connectivity index (χ1) is 12.2. The van der Waals surface area contributed by atoms with Crippen molar-refractivity contribution >= 4 is 17.0 Å². The Morgan fingerprint density at radius 2 is 1.73 bits per heavy atom. The van der Waals surface area contributed by atoms with Gasteiger partial charge in [-0.1, -0.05) is 44.2 Å². The third-order valence-electron chi connectivity index (χ3n) is 6.25. The summed E-state index contributed by atoms with van der Waals surface area (Å²) in [5.74, 6) is 0. The molecule has 3 nitrogen and oxygen atoms in total. The number of nitrogens with zero attached hydrogens (tertiary/aromatic N) is 2. The fourth-order valence-corrected chi connectivity index (χ4v) is 4.12. The van der Waals surface area contributed by atoms with Crippen LogP contribution in [0, 0.1) is 0 Å². The molecule has 1 N–H and O–H groups in total. The van der Waals surface area contributed by atoms with Crippen molar-refractivity contribution in [3.63, 3.8) is 0 Å². The smallest absolute Gasteiger partial charge is 0.116 e. The SMILES string of the molecule is CC(C)N/N=C1/C2=CCCC=C2c2cccc3c2C1=NC(C)(C)C3(C)C. The second-order valence-corrected chi connectivity index (χ2v) is 8.93. The predicted molar refractivity (Wildman–Crippen MR) is 111 cm³/mol. The Balaban J connectivity index is 2.05. The molecule has 2 aliphatic carbocycles. The third-order valence-corrected chi connectivity index (χ3v) is 6.25. The molecule has 0 aromatic heterocycles. The monoisotopic (exact) mass is 347 g/mol. The molecule has 4 rings (SSSR count). The topological polar surface area (TPSA) is 36.8 Å². The van der Waals surface area contributed by atoms with Gasteiger partial charge in [-0.3, -0.25) is 4.99 Å². The van der Waals surface area contributed by atoms with E-state index in [0.29, 0.717) is 6.04 Å². The maximum absolute atomic E-state index is 5.27. The van der Waals surface area contributed by atoms with Crippen LogP contribution in [0.1, 0.15) is 71.1 Å². The summed E-state index contributed by atoms with van der Waals surface area (Å²) in [7, 11) is 0. The molecule has 3 aliphatic rings. The summed E-state index contributed by atoms with van der Waals surface area (Å²) in [6.07, 6.45) is 6.87. The van der Waals surface area contributed by atoms with E-state index in [0.717, 1.165) is 24.3 Å². The highest BCUT2D eigenvalue weighted by Crippen LogP contribution is 2.48. The van der Waals surface area contributed by atoms with E-state index in [2.05, 4.69) is 77.3 Å². The van der Waals surface area contributed by atoms with Crippen molar-refractivity contribution in [1.29, 1.82) is 0 Å². The zero-order valence-corrected chi connectivity index (χ0v) is 16.8. The molecule has 0 saturated heterocycles. The van der Waals surface area contributed by atoms with Gasteiger partial charge in [-0.15, -0.1) is 0 Å². The van der Waals surface area contributed by atoms with Crippen molar-refractivity contribution in [3.8, 4) is 0 Å². The van der Waals surface area contributed by atoms with Crippen LogP contribution in [0.5, 0.6) is 0 Å². The molecule has 3 heteroatoms. The van der Waals surface area contributed by atoms with Crippen molar-refractivity contribution in [2.45, 2.75) is 71.4 Å². The lowest BCUT2D eigenvalue weighted by atomic mass is 9.62. The van der Waals surface area contributed by atoms with Crippen LogP contribution in [-0.4, -0.2) is 23.0 Å². The van der Waals surface area contributed by atoms with Crippen molar-refractivity contribution in [2.24, 2.45) is 10.1 Å². The number of aliphatic imine (C=N–C) groups is 1. The lowest BCUT2D eigenvalue weighted by Gasteiger charge is -2.46. The molecule has 0 saturated carbocycles. The van der Waals surface area contributed by atoms with Crippen LogP contribution < -0.4 is 5.43 Å². The maximum atomic E-state index is 5.27. The van der Waals surface area contributed by atoms with Gasteiger partial charge in [0.25, 0.3) is 0 Å². The number of nitrogens with one attached hydrogen (secondary N) is 1. The van der Waals surface area contributed by atoms with Gasteiger partial charge in [-0.25, -0.2) is 0 Å². The van der Waals surface area contributed by atoms with Gasteiger partial charge in [-0.2, -0.15) is 5.10 Å². The van der Waals surface area contributed by atoms with Gasteiger partial charge in [0.2, 0.25) is 0 Å². The van der Waals surface area contributed by atoms with Crippen LogP contribution >= 0.6 is 0 Å². The fourth-order valence-electron chi connectivity index (χ4n) is 4.12. The molecule has 0 spiro atoms. The molecular formula is C23H29N3. The maximum Gasteiger partial charge on any atom is 0.116 e. The second kappa shape index (κ2) is 5.67. The van der Waals surface area contributed by atoms with E-state index < -0.39 is 0 Å². The number of hydrazone groups is 1. The zero-order valence-electron chi connectivity index (χ0n) is 16.8. The van der Waals surface area contributed by atoms with Crippen molar-refractivity contribution in [1.82, 2.24) is 5.43 Å². The van der Waals surface area contributed by atoms with E-state index in [4.69, 9.17) is 10.1 Å². The minimum absolute atomic E-state index is 0.0329.